The second-order valence-corrected chi connectivity index (χ2v) is 7.38. The molecule has 0 aliphatic heterocycles. The average Bonchev–Trinajstić information content (AvgIpc) is 3.11. The van der Waals surface area contributed by atoms with Crippen LogP contribution in [0.1, 0.15) is 26.7 Å². The van der Waals surface area contributed by atoms with Gasteiger partial charge in [-0.05, 0) is 25.3 Å². The first kappa shape index (κ1) is 21.5. The summed E-state index contributed by atoms with van der Waals surface area (Å²) >= 11 is 1.22. The van der Waals surface area contributed by atoms with Crippen LogP contribution in [0.5, 0.6) is 0 Å². The highest BCUT2D eigenvalue weighted by atomic mass is 32.1. The van der Waals surface area contributed by atoms with E-state index < -0.39 is 29.9 Å². The lowest BCUT2D eigenvalue weighted by molar-refractivity contribution is -0.143. The Hall–Kier alpha value is -2.78. The van der Waals surface area contributed by atoms with Crippen LogP contribution in [0.25, 0.3) is 0 Å². The number of thiazole rings is 1. The Morgan fingerprint density at radius 2 is 1.89 bits per heavy atom. The summed E-state index contributed by atoms with van der Waals surface area (Å²) in [7, 11) is 1.35. The highest BCUT2D eigenvalue weighted by Crippen LogP contribution is 2.12. The molecule has 9 heteroatoms. The number of aromatic nitrogens is 1. The minimum absolute atomic E-state index is 0.172. The number of carbonyl (C=O) groups is 3. The van der Waals surface area contributed by atoms with Gasteiger partial charge in [0.05, 0.1) is 17.8 Å². The third-order valence-corrected chi connectivity index (χ3v) is 4.89. The van der Waals surface area contributed by atoms with Crippen LogP contribution >= 0.6 is 11.3 Å². The first-order valence-electron chi connectivity index (χ1n) is 8.70. The molecule has 0 spiro atoms. The Morgan fingerprint density at radius 1 is 1.18 bits per heavy atom. The van der Waals surface area contributed by atoms with E-state index in [2.05, 4.69) is 15.6 Å². The molecule has 1 aromatic heterocycles. The molecule has 2 atom stereocenters. The molecule has 2 amide bonds. The Labute approximate surface area is 166 Å². The normalized spacial score (nSPS) is 12.8. The maximum atomic E-state index is 12.7. The number of aliphatic carboxylic acids is 1. The van der Waals surface area contributed by atoms with Crippen LogP contribution in [0, 0.1) is 6.92 Å². The first-order chi connectivity index (χ1) is 13.4. The molecule has 0 aliphatic carbocycles. The van der Waals surface area contributed by atoms with Gasteiger partial charge in [-0.1, -0.05) is 30.3 Å². The SMILES string of the molecule is COC[C@H](NC(=O)[C@H](CCc1ccccc1)NC(=O)c1cnc(C)s1)C(=O)O. The number of carboxylic acid groups (broad SMARTS) is 1. The molecule has 0 aliphatic rings. The van der Waals surface area contributed by atoms with Gasteiger partial charge in [-0.3, -0.25) is 9.59 Å². The summed E-state index contributed by atoms with van der Waals surface area (Å²) in [5.41, 5.74) is 1.01. The maximum Gasteiger partial charge on any atom is 0.328 e. The number of hydrogen-bond acceptors (Lipinski definition) is 6. The van der Waals surface area contributed by atoms with Crippen molar-refractivity contribution in [2.75, 3.05) is 13.7 Å². The van der Waals surface area contributed by atoms with Crippen molar-refractivity contribution in [2.45, 2.75) is 31.8 Å². The fraction of sp³-hybridized carbons (Fsp3) is 0.368. The standard InChI is InChI=1S/C19H23N3O5S/c1-12-20-10-16(28-12)18(24)21-14(9-8-13-6-4-3-5-7-13)17(23)22-15(11-27-2)19(25)26/h3-7,10,14-15H,8-9,11H2,1-2H3,(H,21,24)(H,22,23)(H,25,26)/t14-,15-/m0/s1. The zero-order valence-corrected chi connectivity index (χ0v) is 16.5. The average molecular weight is 405 g/mol. The van der Waals surface area contributed by atoms with Crippen LogP contribution in [0.3, 0.4) is 0 Å². The van der Waals surface area contributed by atoms with E-state index in [-0.39, 0.29) is 6.61 Å². The maximum absolute atomic E-state index is 12.7. The van der Waals surface area contributed by atoms with Crippen molar-refractivity contribution in [3.8, 4) is 0 Å². The number of carbonyl (C=O) groups excluding carboxylic acids is 2. The van der Waals surface area contributed by atoms with Gasteiger partial charge in [0.15, 0.2) is 6.04 Å². The molecule has 8 nitrogen and oxygen atoms in total. The lowest BCUT2D eigenvalue weighted by Crippen LogP contribution is -2.53. The minimum atomic E-state index is -1.21. The van der Waals surface area contributed by atoms with Crippen molar-refractivity contribution in [1.29, 1.82) is 0 Å². The minimum Gasteiger partial charge on any atom is -0.480 e. The molecule has 1 heterocycles. The Morgan fingerprint density at radius 3 is 2.46 bits per heavy atom. The van der Waals surface area contributed by atoms with E-state index in [0.29, 0.717) is 17.7 Å². The van der Waals surface area contributed by atoms with Gasteiger partial charge in [0.1, 0.15) is 10.9 Å². The summed E-state index contributed by atoms with van der Waals surface area (Å²) in [6.07, 6.45) is 2.31. The van der Waals surface area contributed by atoms with E-state index in [1.165, 1.54) is 24.6 Å². The molecule has 2 aromatic rings. The summed E-state index contributed by atoms with van der Waals surface area (Å²) in [4.78, 5) is 40.9. The van der Waals surface area contributed by atoms with E-state index in [1.54, 1.807) is 6.92 Å². The predicted molar refractivity (Wildman–Crippen MR) is 104 cm³/mol. The zero-order valence-electron chi connectivity index (χ0n) is 15.7. The molecular weight excluding hydrogens is 382 g/mol. The molecule has 3 N–H and O–H groups in total. The van der Waals surface area contributed by atoms with Crippen LogP contribution in [-0.2, 0) is 20.7 Å². The molecule has 28 heavy (non-hydrogen) atoms. The van der Waals surface area contributed by atoms with Crippen LogP contribution in [0.15, 0.2) is 36.5 Å². The number of nitrogens with one attached hydrogen (secondary N) is 2. The lowest BCUT2D eigenvalue weighted by atomic mass is 10.0. The number of rotatable bonds is 10. The second kappa shape index (κ2) is 10.5. The van der Waals surface area contributed by atoms with Crippen molar-refractivity contribution in [3.63, 3.8) is 0 Å². The Bertz CT molecular complexity index is 809. The van der Waals surface area contributed by atoms with Gasteiger partial charge in [0.25, 0.3) is 5.91 Å². The van der Waals surface area contributed by atoms with Crippen LogP contribution in [0.4, 0.5) is 0 Å². The summed E-state index contributed by atoms with van der Waals surface area (Å²) in [5, 5.41) is 15.1. The van der Waals surface area contributed by atoms with E-state index in [9.17, 15) is 19.5 Å². The van der Waals surface area contributed by atoms with Gasteiger partial charge in [0, 0.05) is 7.11 Å². The van der Waals surface area contributed by atoms with E-state index >= 15 is 0 Å². The number of carboxylic acids is 1. The number of benzene rings is 1. The third-order valence-electron chi connectivity index (χ3n) is 3.98. The summed E-state index contributed by atoms with van der Waals surface area (Å²) in [5.74, 6) is -2.20. The number of nitrogens with zero attached hydrogens (tertiary/aromatic N) is 1. The molecule has 0 saturated heterocycles. The molecule has 150 valence electrons. The van der Waals surface area contributed by atoms with Crippen molar-refractivity contribution in [3.05, 3.63) is 52.0 Å². The first-order valence-corrected chi connectivity index (χ1v) is 9.51. The van der Waals surface area contributed by atoms with E-state index in [0.717, 1.165) is 10.6 Å². The number of ether oxygens (including phenoxy) is 1. The predicted octanol–water partition coefficient (Wildman–Crippen LogP) is 1.40. The number of methoxy groups -OCH3 is 1. The highest BCUT2D eigenvalue weighted by Gasteiger charge is 2.27. The Balaban J connectivity index is 2.10. The highest BCUT2D eigenvalue weighted by molar-refractivity contribution is 7.13. The fourth-order valence-electron chi connectivity index (χ4n) is 2.53. The van der Waals surface area contributed by atoms with E-state index in [1.807, 2.05) is 30.3 Å². The van der Waals surface area contributed by atoms with Crippen molar-refractivity contribution in [1.82, 2.24) is 15.6 Å². The summed E-state index contributed by atoms with van der Waals surface area (Å²) in [6, 6.07) is 7.43. The monoisotopic (exact) mass is 405 g/mol. The molecule has 0 fully saturated rings. The van der Waals surface area contributed by atoms with Gasteiger partial charge >= 0.3 is 5.97 Å². The van der Waals surface area contributed by atoms with Crippen molar-refractivity contribution >= 4 is 29.1 Å². The molecule has 0 unspecified atom stereocenters. The molecule has 0 radical (unpaired) electrons. The molecule has 0 bridgehead atoms. The summed E-state index contributed by atoms with van der Waals surface area (Å²) < 4.78 is 4.84. The topological polar surface area (TPSA) is 118 Å². The van der Waals surface area contributed by atoms with Gasteiger partial charge < -0.3 is 20.5 Å². The van der Waals surface area contributed by atoms with Crippen LogP contribution < -0.4 is 10.6 Å². The Kier molecular flexibility index (Phi) is 8.09. The third kappa shape index (κ3) is 6.43. The van der Waals surface area contributed by atoms with Gasteiger partial charge in [-0.2, -0.15) is 0 Å². The van der Waals surface area contributed by atoms with Crippen LogP contribution in [0.2, 0.25) is 0 Å². The largest absolute Gasteiger partial charge is 0.480 e. The molecular formula is C19H23N3O5S. The smallest absolute Gasteiger partial charge is 0.328 e. The van der Waals surface area contributed by atoms with E-state index in [4.69, 9.17) is 4.74 Å². The molecule has 1 aromatic carbocycles. The quantitative estimate of drug-likeness (QED) is 0.550. The van der Waals surface area contributed by atoms with Crippen molar-refractivity contribution in [2.24, 2.45) is 0 Å². The number of amides is 2. The lowest BCUT2D eigenvalue weighted by Gasteiger charge is -2.21. The molecule has 0 saturated carbocycles. The van der Waals surface area contributed by atoms with Gasteiger partial charge in [-0.25, -0.2) is 9.78 Å². The number of hydrogen-bond donors (Lipinski definition) is 3. The van der Waals surface area contributed by atoms with Crippen molar-refractivity contribution < 1.29 is 24.2 Å². The summed E-state index contributed by atoms with van der Waals surface area (Å²) in [6.45, 7) is 1.61. The number of aryl methyl sites for hydroxylation is 2. The zero-order chi connectivity index (χ0) is 20.5. The van der Waals surface area contributed by atoms with Gasteiger partial charge in [-0.15, -0.1) is 11.3 Å². The van der Waals surface area contributed by atoms with Crippen LogP contribution in [-0.4, -0.2) is 53.7 Å². The molecule has 2 rings (SSSR count). The van der Waals surface area contributed by atoms with Gasteiger partial charge in [0.2, 0.25) is 5.91 Å². The second-order valence-electron chi connectivity index (χ2n) is 6.15. The fourth-order valence-corrected chi connectivity index (χ4v) is 3.21.